The van der Waals surface area contributed by atoms with Crippen LogP contribution in [0.1, 0.15) is 5.76 Å². The van der Waals surface area contributed by atoms with E-state index in [0.29, 0.717) is 18.7 Å². The Labute approximate surface area is 142 Å². The van der Waals surface area contributed by atoms with E-state index in [1.807, 2.05) is 48.5 Å². The average Bonchev–Trinajstić information content (AvgIpc) is 3.08. The molecule has 4 nitrogen and oxygen atoms in total. The summed E-state index contributed by atoms with van der Waals surface area (Å²) in [6.45, 7) is 0.504. The number of halogens is 1. The zero-order chi connectivity index (χ0) is 16.1. The van der Waals surface area contributed by atoms with Crippen molar-refractivity contribution in [2.45, 2.75) is 6.42 Å². The fourth-order valence-electron chi connectivity index (χ4n) is 2.30. The van der Waals surface area contributed by atoms with Crippen molar-refractivity contribution in [2.75, 3.05) is 13.2 Å². The normalized spacial score (nSPS) is 10.7. The largest absolute Gasteiger partial charge is 0.483 e. The fraction of sp³-hybridized carbons (Fsp3) is 0.167. The number of carbonyl (C=O) groups excluding carboxylic acids is 1. The SMILES string of the molecule is O=C(COc1ccc2ccccc2c1Br)NCCc1ccco1. The van der Waals surface area contributed by atoms with Crippen LogP contribution in [0.5, 0.6) is 5.75 Å². The third kappa shape index (κ3) is 3.93. The fourth-order valence-corrected chi connectivity index (χ4v) is 2.91. The van der Waals surface area contributed by atoms with Crippen LogP contribution in [0.3, 0.4) is 0 Å². The minimum atomic E-state index is -0.156. The van der Waals surface area contributed by atoms with E-state index in [9.17, 15) is 4.79 Å². The standard InChI is InChI=1S/C18H16BrNO3/c19-18-15-6-2-1-4-13(15)7-8-16(18)23-12-17(21)20-10-9-14-5-3-11-22-14/h1-8,11H,9-10,12H2,(H,20,21). The average molecular weight is 374 g/mol. The van der Waals surface area contributed by atoms with Gasteiger partial charge in [-0.2, -0.15) is 0 Å². The Morgan fingerprint density at radius 1 is 1.13 bits per heavy atom. The predicted molar refractivity (Wildman–Crippen MR) is 92.6 cm³/mol. The van der Waals surface area contributed by atoms with E-state index in [1.54, 1.807) is 6.26 Å². The Morgan fingerprint density at radius 2 is 2.00 bits per heavy atom. The smallest absolute Gasteiger partial charge is 0.257 e. The van der Waals surface area contributed by atoms with Gasteiger partial charge in [-0.05, 0) is 44.9 Å². The molecule has 5 heteroatoms. The van der Waals surface area contributed by atoms with Crippen molar-refractivity contribution in [2.24, 2.45) is 0 Å². The van der Waals surface area contributed by atoms with Gasteiger partial charge in [0.05, 0.1) is 10.7 Å². The molecule has 23 heavy (non-hydrogen) atoms. The van der Waals surface area contributed by atoms with E-state index in [1.165, 1.54) is 0 Å². The maximum absolute atomic E-state index is 11.8. The minimum Gasteiger partial charge on any atom is -0.483 e. The van der Waals surface area contributed by atoms with Crippen LogP contribution in [-0.2, 0) is 11.2 Å². The van der Waals surface area contributed by atoms with Gasteiger partial charge in [0.15, 0.2) is 6.61 Å². The maximum Gasteiger partial charge on any atom is 0.257 e. The quantitative estimate of drug-likeness (QED) is 0.711. The van der Waals surface area contributed by atoms with E-state index in [2.05, 4.69) is 21.2 Å². The number of fused-ring (bicyclic) bond motifs is 1. The van der Waals surface area contributed by atoms with Crippen molar-refractivity contribution in [1.29, 1.82) is 0 Å². The Hall–Kier alpha value is -2.27. The first-order chi connectivity index (χ1) is 11.2. The summed E-state index contributed by atoms with van der Waals surface area (Å²) in [6.07, 6.45) is 2.29. The van der Waals surface area contributed by atoms with E-state index < -0.39 is 0 Å². The Balaban J connectivity index is 1.53. The minimum absolute atomic E-state index is 0.0188. The zero-order valence-corrected chi connectivity index (χ0v) is 14.0. The highest BCUT2D eigenvalue weighted by atomic mass is 79.9. The number of ether oxygens (including phenoxy) is 1. The second-order valence-corrected chi connectivity index (χ2v) is 5.86. The van der Waals surface area contributed by atoms with Gasteiger partial charge in [0.2, 0.25) is 0 Å². The molecule has 0 saturated heterocycles. The molecular formula is C18H16BrNO3. The molecule has 0 fully saturated rings. The lowest BCUT2D eigenvalue weighted by molar-refractivity contribution is -0.123. The van der Waals surface area contributed by atoms with Crippen LogP contribution in [0.15, 0.2) is 63.7 Å². The highest BCUT2D eigenvalue weighted by Crippen LogP contribution is 2.32. The molecule has 3 aromatic rings. The summed E-state index contributed by atoms with van der Waals surface area (Å²) in [5, 5.41) is 4.99. The molecule has 0 bridgehead atoms. The monoisotopic (exact) mass is 373 g/mol. The van der Waals surface area contributed by atoms with Crippen LogP contribution < -0.4 is 10.1 Å². The van der Waals surface area contributed by atoms with Gasteiger partial charge in [0.1, 0.15) is 11.5 Å². The lowest BCUT2D eigenvalue weighted by atomic mass is 10.1. The van der Waals surface area contributed by atoms with Crippen molar-refractivity contribution in [1.82, 2.24) is 5.32 Å². The molecule has 0 unspecified atom stereocenters. The van der Waals surface area contributed by atoms with Gasteiger partial charge in [-0.1, -0.05) is 30.3 Å². The van der Waals surface area contributed by atoms with Gasteiger partial charge >= 0.3 is 0 Å². The van der Waals surface area contributed by atoms with Crippen LogP contribution in [0.2, 0.25) is 0 Å². The number of furan rings is 1. The number of nitrogens with one attached hydrogen (secondary N) is 1. The second kappa shape index (κ2) is 7.33. The molecule has 3 rings (SSSR count). The van der Waals surface area contributed by atoms with Crippen molar-refractivity contribution in [3.8, 4) is 5.75 Å². The van der Waals surface area contributed by atoms with Gasteiger partial charge in [-0.3, -0.25) is 4.79 Å². The number of rotatable bonds is 6. The Kier molecular flexibility index (Phi) is 4.98. The van der Waals surface area contributed by atoms with Crippen LogP contribution in [0.25, 0.3) is 10.8 Å². The molecule has 1 heterocycles. The molecule has 0 radical (unpaired) electrons. The van der Waals surface area contributed by atoms with Crippen LogP contribution in [-0.4, -0.2) is 19.1 Å². The molecule has 2 aromatic carbocycles. The van der Waals surface area contributed by atoms with Crippen LogP contribution in [0.4, 0.5) is 0 Å². The molecule has 0 saturated carbocycles. The van der Waals surface area contributed by atoms with Gasteiger partial charge in [0.25, 0.3) is 5.91 Å². The molecule has 0 spiro atoms. The summed E-state index contributed by atoms with van der Waals surface area (Å²) in [6, 6.07) is 15.6. The van der Waals surface area contributed by atoms with E-state index in [-0.39, 0.29) is 12.5 Å². The Morgan fingerprint density at radius 3 is 2.83 bits per heavy atom. The molecule has 1 aromatic heterocycles. The number of benzene rings is 2. The van der Waals surface area contributed by atoms with Crippen molar-refractivity contribution in [3.63, 3.8) is 0 Å². The highest BCUT2D eigenvalue weighted by Gasteiger charge is 2.08. The first kappa shape index (κ1) is 15.6. The molecule has 1 amide bonds. The van der Waals surface area contributed by atoms with E-state index >= 15 is 0 Å². The molecule has 0 aliphatic rings. The lowest BCUT2D eigenvalue weighted by Gasteiger charge is -2.10. The van der Waals surface area contributed by atoms with E-state index in [0.717, 1.165) is 21.0 Å². The summed E-state index contributed by atoms with van der Waals surface area (Å²) in [5.74, 6) is 1.35. The van der Waals surface area contributed by atoms with Gasteiger partial charge in [0, 0.05) is 13.0 Å². The number of amides is 1. The maximum atomic E-state index is 11.8. The molecular weight excluding hydrogens is 358 g/mol. The first-order valence-electron chi connectivity index (χ1n) is 7.33. The third-order valence-corrected chi connectivity index (χ3v) is 4.28. The molecule has 118 valence electrons. The molecule has 0 atom stereocenters. The Bertz CT molecular complexity index is 799. The second-order valence-electron chi connectivity index (χ2n) is 5.07. The summed E-state index contributed by atoms with van der Waals surface area (Å²) in [7, 11) is 0. The number of hydrogen-bond donors (Lipinski definition) is 1. The summed E-state index contributed by atoms with van der Waals surface area (Å²) in [5.41, 5.74) is 0. The van der Waals surface area contributed by atoms with Crippen LogP contribution >= 0.6 is 15.9 Å². The molecule has 0 aliphatic heterocycles. The lowest BCUT2D eigenvalue weighted by Crippen LogP contribution is -2.30. The number of carbonyl (C=O) groups is 1. The summed E-state index contributed by atoms with van der Waals surface area (Å²) in [4.78, 5) is 11.8. The highest BCUT2D eigenvalue weighted by molar-refractivity contribution is 9.10. The van der Waals surface area contributed by atoms with Gasteiger partial charge in [-0.15, -0.1) is 0 Å². The van der Waals surface area contributed by atoms with Crippen molar-refractivity contribution >= 4 is 32.6 Å². The summed E-state index contributed by atoms with van der Waals surface area (Å²) >= 11 is 3.54. The first-order valence-corrected chi connectivity index (χ1v) is 8.12. The number of hydrogen-bond acceptors (Lipinski definition) is 3. The van der Waals surface area contributed by atoms with Gasteiger partial charge < -0.3 is 14.5 Å². The molecule has 0 aliphatic carbocycles. The molecule has 1 N–H and O–H groups in total. The van der Waals surface area contributed by atoms with Crippen molar-refractivity contribution in [3.05, 3.63) is 65.0 Å². The predicted octanol–water partition coefficient (Wildman–Crippen LogP) is 3.93. The topological polar surface area (TPSA) is 51.5 Å². The van der Waals surface area contributed by atoms with Crippen LogP contribution in [0, 0.1) is 0 Å². The van der Waals surface area contributed by atoms with Crippen molar-refractivity contribution < 1.29 is 13.9 Å². The van der Waals surface area contributed by atoms with Gasteiger partial charge in [-0.25, -0.2) is 0 Å². The van der Waals surface area contributed by atoms with E-state index in [4.69, 9.17) is 9.15 Å². The zero-order valence-electron chi connectivity index (χ0n) is 12.4. The summed E-state index contributed by atoms with van der Waals surface area (Å²) < 4.78 is 11.7. The third-order valence-electron chi connectivity index (χ3n) is 3.46.